The van der Waals surface area contributed by atoms with Gasteiger partial charge in [0.05, 0.1) is 11.3 Å². The van der Waals surface area contributed by atoms with Gasteiger partial charge in [-0.05, 0) is 25.5 Å². The van der Waals surface area contributed by atoms with Crippen LogP contribution in [0.25, 0.3) is 0 Å². The lowest BCUT2D eigenvalue weighted by atomic mass is 10.1. The van der Waals surface area contributed by atoms with Crippen molar-refractivity contribution < 1.29 is 17.7 Å². The van der Waals surface area contributed by atoms with Crippen LogP contribution in [0.3, 0.4) is 0 Å². The van der Waals surface area contributed by atoms with E-state index in [2.05, 4.69) is 15.0 Å². The molecule has 0 saturated carbocycles. The Morgan fingerprint density at radius 1 is 1.00 bits per heavy atom. The fourth-order valence-electron chi connectivity index (χ4n) is 3.23. The van der Waals surface area contributed by atoms with E-state index >= 15 is 0 Å². The summed E-state index contributed by atoms with van der Waals surface area (Å²) in [5.41, 5.74) is 1.82. The Bertz CT molecular complexity index is 699. The highest BCUT2D eigenvalue weighted by atomic mass is 19.4. The van der Waals surface area contributed by atoms with Gasteiger partial charge < -0.3 is 4.52 Å². The van der Waals surface area contributed by atoms with E-state index in [4.69, 9.17) is 4.52 Å². The number of halogens is 3. The number of hydrogen-bond acceptors (Lipinski definition) is 4. The molecule has 1 aromatic carbocycles. The van der Waals surface area contributed by atoms with Crippen molar-refractivity contribution in [1.82, 2.24) is 15.0 Å². The summed E-state index contributed by atoms with van der Waals surface area (Å²) in [5, 5.41) is 3.97. The largest absolute Gasteiger partial charge is 0.416 e. The monoisotopic (exact) mass is 353 g/mol. The Hall–Kier alpha value is -1.86. The molecule has 1 aliphatic heterocycles. The zero-order valence-corrected chi connectivity index (χ0v) is 14.4. The molecule has 0 aliphatic carbocycles. The first-order valence-electron chi connectivity index (χ1n) is 8.36. The highest BCUT2D eigenvalue weighted by molar-refractivity contribution is 5.29. The van der Waals surface area contributed by atoms with Crippen LogP contribution in [-0.2, 0) is 19.3 Å². The predicted molar refractivity (Wildman–Crippen MR) is 88.0 cm³/mol. The fourth-order valence-corrected chi connectivity index (χ4v) is 3.23. The van der Waals surface area contributed by atoms with E-state index in [0.29, 0.717) is 12.1 Å². The van der Waals surface area contributed by atoms with Crippen LogP contribution in [-0.4, -0.2) is 41.1 Å². The lowest BCUT2D eigenvalue weighted by molar-refractivity contribution is -0.138. The van der Waals surface area contributed by atoms with Gasteiger partial charge in [-0.1, -0.05) is 23.4 Å². The molecule has 0 amide bonds. The van der Waals surface area contributed by atoms with E-state index in [1.807, 2.05) is 13.8 Å². The van der Waals surface area contributed by atoms with Gasteiger partial charge in [0.1, 0.15) is 5.76 Å². The molecule has 0 spiro atoms. The number of hydrogen-bond donors (Lipinski definition) is 0. The Kier molecular flexibility index (Phi) is 5.15. The van der Waals surface area contributed by atoms with Gasteiger partial charge in [-0.15, -0.1) is 0 Å². The lowest BCUT2D eigenvalue weighted by Gasteiger charge is -2.35. The van der Waals surface area contributed by atoms with Crippen LogP contribution < -0.4 is 0 Å². The summed E-state index contributed by atoms with van der Waals surface area (Å²) in [4.78, 5) is 4.37. The summed E-state index contributed by atoms with van der Waals surface area (Å²) in [6.07, 6.45) is -4.30. The van der Waals surface area contributed by atoms with Crippen molar-refractivity contribution in [2.75, 3.05) is 26.2 Å². The first-order chi connectivity index (χ1) is 11.8. The van der Waals surface area contributed by atoms with Crippen LogP contribution in [0, 0.1) is 13.8 Å². The topological polar surface area (TPSA) is 32.5 Å². The Morgan fingerprint density at radius 3 is 2.16 bits per heavy atom. The molecule has 1 saturated heterocycles. The third-order valence-electron chi connectivity index (χ3n) is 4.74. The molecule has 0 unspecified atom stereocenters. The first kappa shape index (κ1) is 17.9. The van der Waals surface area contributed by atoms with Crippen LogP contribution in [0.4, 0.5) is 13.2 Å². The molecule has 3 rings (SSSR count). The minimum Gasteiger partial charge on any atom is -0.361 e. The standard InChI is InChI=1S/C18H22F3N3O/c1-13-16(14(2)25-22-13)12-24-9-7-23(8-10-24)11-15-5-3-4-6-17(15)18(19,20)21/h3-6H,7-12H2,1-2H3. The van der Waals surface area contributed by atoms with Gasteiger partial charge in [0.15, 0.2) is 0 Å². The third kappa shape index (κ3) is 4.22. The molecular formula is C18H22F3N3O. The number of rotatable bonds is 4. The molecule has 0 radical (unpaired) electrons. The molecule has 2 heterocycles. The lowest BCUT2D eigenvalue weighted by Crippen LogP contribution is -2.45. The molecule has 0 atom stereocenters. The molecule has 1 fully saturated rings. The highest BCUT2D eigenvalue weighted by Crippen LogP contribution is 2.32. The maximum Gasteiger partial charge on any atom is 0.416 e. The zero-order valence-electron chi connectivity index (χ0n) is 14.4. The first-order valence-corrected chi connectivity index (χ1v) is 8.36. The maximum atomic E-state index is 13.1. The molecule has 7 heteroatoms. The van der Waals surface area contributed by atoms with Gasteiger partial charge in [0.25, 0.3) is 0 Å². The van der Waals surface area contributed by atoms with Gasteiger partial charge in [0, 0.05) is 44.8 Å². The Labute approximate surface area is 145 Å². The van der Waals surface area contributed by atoms with E-state index < -0.39 is 11.7 Å². The van der Waals surface area contributed by atoms with Crippen molar-refractivity contribution in [3.63, 3.8) is 0 Å². The fraction of sp³-hybridized carbons (Fsp3) is 0.500. The molecule has 1 aliphatic rings. The zero-order chi connectivity index (χ0) is 18.0. The molecule has 0 N–H and O–H groups in total. The quantitative estimate of drug-likeness (QED) is 0.840. The second kappa shape index (κ2) is 7.17. The third-order valence-corrected chi connectivity index (χ3v) is 4.74. The van der Waals surface area contributed by atoms with Gasteiger partial charge in [-0.3, -0.25) is 9.80 Å². The summed E-state index contributed by atoms with van der Waals surface area (Å²) in [5.74, 6) is 0.832. The number of benzene rings is 1. The van der Waals surface area contributed by atoms with Crippen LogP contribution in [0.2, 0.25) is 0 Å². The van der Waals surface area contributed by atoms with E-state index in [1.165, 1.54) is 6.07 Å². The predicted octanol–water partition coefficient (Wildman–Crippen LogP) is 3.63. The number of nitrogens with zero attached hydrogens (tertiary/aromatic N) is 3. The number of aryl methyl sites for hydroxylation is 2. The van der Waals surface area contributed by atoms with Crippen molar-refractivity contribution in [1.29, 1.82) is 0 Å². The summed E-state index contributed by atoms with van der Waals surface area (Å²) >= 11 is 0. The number of alkyl halides is 3. The van der Waals surface area contributed by atoms with E-state index in [9.17, 15) is 13.2 Å². The van der Waals surface area contributed by atoms with E-state index in [1.54, 1.807) is 12.1 Å². The maximum absolute atomic E-state index is 13.1. The molecule has 0 bridgehead atoms. The van der Waals surface area contributed by atoms with Crippen LogP contribution in [0.5, 0.6) is 0 Å². The SMILES string of the molecule is Cc1noc(C)c1CN1CCN(Cc2ccccc2C(F)(F)F)CC1. The van der Waals surface area contributed by atoms with Crippen molar-refractivity contribution in [2.24, 2.45) is 0 Å². The van der Waals surface area contributed by atoms with Crippen LogP contribution in [0.1, 0.15) is 28.1 Å². The molecule has 136 valence electrons. The highest BCUT2D eigenvalue weighted by Gasteiger charge is 2.33. The molecular weight excluding hydrogens is 331 g/mol. The van der Waals surface area contributed by atoms with E-state index in [-0.39, 0.29) is 0 Å². The minimum atomic E-state index is -4.30. The van der Waals surface area contributed by atoms with Crippen LogP contribution in [0.15, 0.2) is 28.8 Å². The average Bonchev–Trinajstić information content (AvgIpc) is 2.88. The Morgan fingerprint density at radius 2 is 1.60 bits per heavy atom. The van der Waals surface area contributed by atoms with Gasteiger partial charge in [-0.25, -0.2) is 0 Å². The summed E-state index contributed by atoms with van der Waals surface area (Å²) in [7, 11) is 0. The molecule has 25 heavy (non-hydrogen) atoms. The van der Waals surface area contributed by atoms with Crippen molar-refractivity contribution in [3.05, 3.63) is 52.4 Å². The van der Waals surface area contributed by atoms with Gasteiger partial charge in [0.2, 0.25) is 0 Å². The smallest absolute Gasteiger partial charge is 0.361 e. The Balaban J connectivity index is 1.59. The van der Waals surface area contributed by atoms with Crippen molar-refractivity contribution in [2.45, 2.75) is 33.1 Å². The summed E-state index contributed by atoms with van der Waals surface area (Å²) < 4.78 is 44.5. The average molecular weight is 353 g/mol. The molecule has 2 aromatic rings. The number of piperazine rings is 1. The second-order valence-corrected chi connectivity index (χ2v) is 6.51. The number of aromatic nitrogens is 1. The van der Waals surface area contributed by atoms with Gasteiger partial charge in [-0.2, -0.15) is 13.2 Å². The van der Waals surface area contributed by atoms with Gasteiger partial charge >= 0.3 is 6.18 Å². The summed E-state index contributed by atoms with van der Waals surface area (Å²) in [6, 6.07) is 5.83. The van der Waals surface area contributed by atoms with Crippen LogP contribution >= 0.6 is 0 Å². The minimum absolute atomic E-state index is 0.328. The second-order valence-electron chi connectivity index (χ2n) is 6.51. The molecule has 4 nitrogen and oxygen atoms in total. The molecule has 1 aromatic heterocycles. The normalized spacial score (nSPS) is 17.2. The van der Waals surface area contributed by atoms with Crippen molar-refractivity contribution in [3.8, 4) is 0 Å². The van der Waals surface area contributed by atoms with Crippen molar-refractivity contribution >= 4 is 0 Å². The van der Waals surface area contributed by atoms with E-state index in [0.717, 1.165) is 55.8 Å². The summed E-state index contributed by atoms with van der Waals surface area (Å²) in [6.45, 7) is 8.06.